The predicted octanol–water partition coefficient (Wildman–Crippen LogP) is 2.86. The van der Waals surface area contributed by atoms with Gasteiger partial charge in [-0.15, -0.1) is 0 Å². The van der Waals surface area contributed by atoms with Crippen molar-refractivity contribution in [2.24, 2.45) is 0 Å². The highest BCUT2D eigenvalue weighted by Gasteiger charge is 2.16. The van der Waals surface area contributed by atoms with Crippen molar-refractivity contribution in [3.63, 3.8) is 0 Å². The molecule has 1 heterocycles. The summed E-state index contributed by atoms with van der Waals surface area (Å²) in [6, 6.07) is 9.13. The largest absolute Gasteiger partial charge is 0.361 e. The van der Waals surface area contributed by atoms with Crippen LogP contribution in [0.2, 0.25) is 0 Å². The molecule has 0 saturated carbocycles. The van der Waals surface area contributed by atoms with Crippen LogP contribution in [-0.2, 0) is 6.54 Å². The van der Waals surface area contributed by atoms with E-state index in [1.807, 2.05) is 38.1 Å². The minimum atomic E-state index is -0.205. The third-order valence-electron chi connectivity index (χ3n) is 3.59. The first-order chi connectivity index (χ1) is 12.0. The van der Waals surface area contributed by atoms with Crippen LogP contribution in [0.1, 0.15) is 24.5 Å². The summed E-state index contributed by atoms with van der Waals surface area (Å²) in [7, 11) is 3.72. The lowest BCUT2D eigenvalue weighted by Gasteiger charge is -2.24. The van der Waals surface area contributed by atoms with Crippen molar-refractivity contribution in [2.75, 3.05) is 30.9 Å². The number of carbonyl (C=O) groups is 1. The highest BCUT2D eigenvalue weighted by atomic mass is 16.2. The van der Waals surface area contributed by atoms with Gasteiger partial charge in [-0.1, -0.05) is 19.1 Å². The quantitative estimate of drug-likeness (QED) is 0.875. The van der Waals surface area contributed by atoms with Gasteiger partial charge in [-0.3, -0.25) is 0 Å². The molecule has 0 spiro atoms. The van der Waals surface area contributed by atoms with E-state index in [9.17, 15) is 4.79 Å². The molecule has 130 valence electrons. The highest BCUT2D eigenvalue weighted by Crippen LogP contribution is 2.20. The third kappa shape index (κ3) is 4.91. The number of rotatable bonds is 6. The van der Waals surface area contributed by atoms with Crippen molar-refractivity contribution in [3.8, 4) is 6.07 Å². The number of urea groups is 1. The number of nitriles is 1. The van der Waals surface area contributed by atoms with Crippen molar-refractivity contribution < 1.29 is 4.79 Å². The summed E-state index contributed by atoms with van der Waals surface area (Å²) in [5.41, 5.74) is 2.14. The standard InChI is InChI=1S/C18H22N6O/c1-4-9-24(12-15-7-5-14(10-19)6-8-15)18(25)22-16-11-20-13-21-17(16)23(2)3/h5-8,11,13H,4,9,12H2,1-3H3,(H,22,25). The summed E-state index contributed by atoms with van der Waals surface area (Å²) in [4.78, 5) is 24.4. The predicted molar refractivity (Wildman–Crippen MR) is 97.2 cm³/mol. The molecule has 0 aliphatic rings. The van der Waals surface area contributed by atoms with Crippen LogP contribution in [-0.4, -0.2) is 41.5 Å². The van der Waals surface area contributed by atoms with E-state index in [4.69, 9.17) is 5.26 Å². The lowest BCUT2D eigenvalue weighted by Crippen LogP contribution is -2.35. The number of carbonyl (C=O) groups excluding carboxylic acids is 1. The molecule has 0 radical (unpaired) electrons. The van der Waals surface area contributed by atoms with Gasteiger partial charge in [0.15, 0.2) is 5.82 Å². The molecule has 0 aliphatic carbocycles. The van der Waals surface area contributed by atoms with Crippen LogP contribution in [0.3, 0.4) is 0 Å². The summed E-state index contributed by atoms with van der Waals surface area (Å²) in [6.45, 7) is 3.11. The van der Waals surface area contributed by atoms with Gasteiger partial charge in [0.25, 0.3) is 0 Å². The molecule has 2 rings (SSSR count). The Bertz CT molecular complexity index is 751. The lowest BCUT2D eigenvalue weighted by atomic mass is 10.1. The number of hydrogen-bond donors (Lipinski definition) is 1. The van der Waals surface area contributed by atoms with Gasteiger partial charge in [0.2, 0.25) is 0 Å². The van der Waals surface area contributed by atoms with Gasteiger partial charge in [-0.2, -0.15) is 5.26 Å². The number of aromatic nitrogens is 2. The first-order valence-corrected chi connectivity index (χ1v) is 8.07. The fraction of sp³-hybridized carbons (Fsp3) is 0.333. The molecule has 0 fully saturated rings. The molecule has 1 aromatic heterocycles. The number of nitrogens with zero attached hydrogens (tertiary/aromatic N) is 5. The van der Waals surface area contributed by atoms with E-state index in [-0.39, 0.29) is 6.03 Å². The van der Waals surface area contributed by atoms with Crippen molar-refractivity contribution in [1.82, 2.24) is 14.9 Å². The second-order valence-corrected chi connectivity index (χ2v) is 5.81. The van der Waals surface area contributed by atoms with E-state index in [0.29, 0.717) is 30.2 Å². The second-order valence-electron chi connectivity index (χ2n) is 5.81. The van der Waals surface area contributed by atoms with Gasteiger partial charge >= 0.3 is 6.03 Å². The smallest absolute Gasteiger partial charge is 0.322 e. The van der Waals surface area contributed by atoms with Crippen LogP contribution in [0.4, 0.5) is 16.3 Å². The number of anilines is 2. The van der Waals surface area contributed by atoms with E-state index in [1.54, 1.807) is 23.2 Å². The van der Waals surface area contributed by atoms with E-state index >= 15 is 0 Å². The fourth-order valence-corrected chi connectivity index (χ4v) is 2.39. The summed E-state index contributed by atoms with van der Waals surface area (Å²) in [5.74, 6) is 0.651. The van der Waals surface area contributed by atoms with Crippen molar-refractivity contribution >= 4 is 17.5 Å². The molecule has 1 aromatic carbocycles. The van der Waals surface area contributed by atoms with Crippen LogP contribution in [0.25, 0.3) is 0 Å². The highest BCUT2D eigenvalue weighted by molar-refractivity contribution is 5.92. The van der Waals surface area contributed by atoms with Crippen LogP contribution >= 0.6 is 0 Å². The molecule has 25 heavy (non-hydrogen) atoms. The number of amides is 2. The molecule has 0 unspecified atom stereocenters. The number of benzene rings is 1. The minimum Gasteiger partial charge on any atom is -0.361 e. The van der Waals surface area contributed by atoms with Gasteiger partial charge in [0, 0.05) is 27.2 Å². The zero-order valence-electron chi connectivity index (χ0n) is 14.7. The molecule has 0 saturated heterocycles. The first kappa shape index (κ1) is 18.2. The molecular formula is C18H22N6O. The molecule has 0 bridgehead atoms. The lowest BCUT2D eigenvalue weighted by molar-refractivity contribution is 0.209. The van der Waals surface area contributed by atoms with Gasteiger partial charge in [0.1, 0.15) is 12.0 Å². The molecular weight excluding hydrogens is 316 g/mol. The monoisotopic (exact) mass is 338 g/mol. The molecule has 1 N–H and O–H groups in total. The second kappa shape index (κ2) is 8.64. The molecule has 7 heteroatoms. The molecule has 2 amide bonds. The van der Waals surface area contributed by atoms with Crippen LogP contribution in [0.5, 0.6) is 0 Å². The summed E-state index contributed by atoms with van der Waals surface area (Å²) in [5, 5.41) is 11.8. The third-order valence-corrected chi connectivity index (χ3v) is 3.59. The number of nitrogens with one attached hydrogen (secondary N) is 1. The zero-order chi connectivity index (χ0) is 18.2. The average Bonchev–Trinajstić information content (AvgIpc) is 2.62. The summed E-state index contributed by atoms with van der Waals surface area (Å²) in [6.07, 6.45) is 3.88. The molecule has 0 aliphatic heterocycles. The maximum absolute atomic E-state index is 12.7. The maximum Gasteiger partial charge on any atom is 0.322 e. The van der Waals surface area contributed by atoms with Gasteiger partial charge in [0.05, 0.1) is 17.8 Å². The van der Waals surface area contributed by atoms with Crippen molar-refractivity contribution in [2.45, 2.75) is 19.9 Å². The average molecular weight is 338 g/mol. The molecule has 7 nitrogen and oxygen atoms in total. The zero-order valence-corrected chi connectivity index (χ0v) is 14.7. The molecule has 0 atom stereocenters. The Labute approximate surface area is 147 Å². The number of hydrogen-bond acceptors (Lipinski definition) is 5. The maximum atomic E-state index is 12.7. The van der Waals surface area contributed by atoms with E-state index in [2.05, 4.69) is 21.4 Å². The summed E-state index contributed by atoms with van der Waals surface area (Å²) < 4.78 is 0. The van der Waals surface area contributed by atoms with E-state index < -0.39 is 0 Å². The normalized spacial score (nSPS) is 10.0. The van der Waals surface area contributed by atoms with E-state index in [1.165, 1.54) is 6.33 Å². The van der Waals surface area contributed by atoms with Crippen molar-refractivity contribution in [1.29, 1.82) is 5.26 Å². The van der Waals surface area contributed by atoms with Crippen LogP contribution in [0.15, 0.2) is 36.8 Å². The minimum absolute atomic E-state index is 0.205. The van der Waals surface area contributed by atoms with Crippen LogP contribution < -0.4 is 10.2 Å². The first-order valence-electron chi connectivity index (χ1n) is 8.07. The van der Waals surface area contributed by atoms with Gasteiger partial charge in [-0.05, 0) is 24.1 Å². The Morgan fingerprint density at radius 2 is 2.00 bits per heavy atom. The Morgan fingerprint density at radius 3 is 2.60 bits per heavy atom. The fourth-order valence-electron chi connectivity index (χ4n) is 2.39. The van der Waals surface area contributed by atoms with Crippen molar-refractivity contribution in [3.05, 3.63) is 47.9 Å². The Balaban J connectivity index is 2.13. The Morgan fingerprint density at radius 1 is 1.28 bits per heavy atom. The Hall–Kier alpha value is -3.14. The van der Waals surface area contributed by atoms with Gasteiger partial charge < -0.3 is 15.1 Å². The van der Waals surface area contributed by atoms with E-state index in [0.717, 1.165) is 12.0 Å². The summed E-state index contributed by atoms with van der Waals surface area (Å²) >= 11 is 0. The Kier molecular flexibility index (Phi) is 6.29. The SMILES string of the molecule is CCCN(Cc1ccc(C#N)cc1)C(=O)Nc1cncnc1N(C)C. The van der Waals surface area contributed by atoms with Crippen LogP contribution in [0, 0.1) is 11.3 Å². The topological polar surface area (TPSA) is 85.2 Å². The van der Waals surface area contributed by atoms with Gasteiger partial charge in [-0.25, -0.2) is 14.8 Å². The molecule has 2 aromatic rings.